The molecular formula is C19H24N2O4S. The fourth-order valence-electron chi connectivity index (χ4n) is 3.28. The third-order valence-electron chi connectivity index (χ3n) is 4.58. The van der Waals surface area contributed by atoms with E-state index < -0.39 is 16.7 Å². The highest BCUT2D eigenvalue weighted by molar-refractivity contribution is 8.25. The van der Waals surface area contributed by atoms with Crippen molar-refractivity contribution in [1.82, 2.24) is 0 Å². The van der Waals surface area contributed by atoms with Gasteiger partial charge in [0.1, 0.15) is 0 Å². The van der Waals surface area contributed by atoms with Crippen molar-refractivity contribution in [2.75, 3.05) is 28.5 Å². The van der Waals surface area contributed by atoms with Crippen LogP contribution in [-0.2, 0) is 0 Å². The van der Waals surface area contributed by atoms with Gasteiger partial charge in [0.05, 0.1) is 17.0 Å². The summed E-state index contributed by atoms with van der Waals surface area (Å²) in [6.07, 6.45) is 0.682. The van der Waals surface area contributed by atoms with Crippen LogP contribution in [0, 0.1) is 0 Å². The minimum absolute atomic E-state index is 0.121. The van der Waals surface area contributed by atoms with Gasteiger partial charge in [0, 0.05) is 24.7 Å². The molecule has 1 saturated heterocycles. The first kappa shape index (κ1) is 18.6. The van der Waals surface area contributed by atoms with Crippen LogP contribution in [0.1, 0.15) is 35.2 Å². The number of carboxylic acids is 1. The molecule has 1 aliphatic rings. The Morgan fingerprint density at radius 2 is 1.96 bits per heavy atom. The summed E-state index contributed by atoms with van der Waals surface area (Å²) in [5, 5.41) is 12.5. The molecule has 2 aromatic carbocycles. The summed E-state index contributed by atoms with van der Waals surface area (Å²) in [6, 6.07) is 14.8. The molecule has 26 heavy (non-hydrogen) atoms. The molecule has 1 heterocycles. The fraction of sp³-hybridized carbons (Fsp3) is 0.316. The smallest absolute Gasteiger partial charge is 0.335 e. The van der Waals surface area contributed by atoms with Gasteiger partial charge >= 0.3 is 5.97 Å². The molecule has 1 aliphatic heterocycles. The Balaban J connectivity index is 1.97. The predicted molar refractivity (Wildman–Crippen MR) is 106 cm³/mol. The Morgan fingerprint density at radius 3 is 2.62 bits per heavy atom. The maximum Gasteiger partial charge on any atom is 0.335 e. The molecule has 0 amide bonds. The summed E-state index contributed by atoms with van der Waals surface area (Å²) in [4.78, 5) is 11.5. The van der Waals surface area contributed by atoms with Gasteiger partial charge in [-0.05, 0) is 37.1 Å². The largest absolute Gasteiger partial charge is 0.478 e. The first-order chi connectivity index (χ1) is 12.4. The number of nitrogens with zero attached hydrogens (tertiary/aromatic N) is 1. The summed E-state index contributed by atoms with van der Waals surface area (Å²) < 4.78 is 22.8. The zero-order valence-electron chi connectivity index (χ0n) is 14.6. The molecule has 6 nitrogen and oxygen atoms in total. The van der Waals surface area contributed by atoms with Gasteiger partial charge in [-0.1, -0.05) is 30.3 Å². The van der Waals surface area contributed by atoms with Crippen molar-refractivity contribution >= 4 is 28.1 Å². The minimum Gasteiger partial charge on any atom is -0.478 e. The maximum absolute atomic E-state index is 11.5. The van der Waals surface area contributed by atoms with Gasteiger partial charge in [-0.3, -0.25) is 13.4 Å². The molecule has 3 rings (SSSR count). The molecule has 1 atom stereocenters. The monoisotopic (exact) mass is 376 g/mol. The second kappa shape index (κ2) is 7.57. The Hall–Kier alpha value is -2.22. The van der Waals surface area contributed by atoms with Crippen molar-refractivity contribution in [3.05, 3.63) is 59.7 Å². The van der Waals surface area contributed by atoms with E-state index >= 15 is 0 Å². The lowest BCUT2D eigenvalue weighted by Gasteiger charge is -2.50. The molecule has 0 bridgehead atoms. The number of carboxylic acid groups (broad SMARTS) is 1. The third-order valence-corrected chi connectivity index (χ3v) is 6.43. The molecule has 7 heteroatoms. The van der Waals surface area contributed by atoms with E-state index in [1.165, 1.54) is 6.07 Å². The van der Waals surface area contributed by atoms with E-state index in [1.54, 1.807) is 16.4 Å². The van der Waals surface area contributed by atoms with Crippen LogP contribution >= 0.6 is 10.8 Å². The molecule has 140 valence electrons. The normalized spacial score (nSPS) is 20.4. The Morgan fingerprint density at radius 1 is 1.23 bits per heavy atom. The van der Waals surface area contributed by atoms with Crippen LogP contribution in [0.15, 0.2) is 48.5 Å². The van der Waals surface area contributed by atoms with E-state index in [4.69, 9.17) is 0 Å². The molecule has 0 aliphatic carbocycles. The maximum atomic E-state index is 11.5. The Kier molecular flexibility index (Phi) is 5.41. The summed E-state index contributed by atoms with van der Waals surface area (Å²) in [5.74, 6) is -0.619. The molecule has 2 aromatic rings. The van der Waals surface area contributed by atoms with Crippen molar-refractivity contribution in [1.29, 1.82) is 0 Å². The molecule has 1 fully saturated rings. The SMILES string of the molecule is CCNc1cc(C(=O)O)cc(N2CC(c3ccccc3)CCS2(O)O)c1. The molecule has 0 spiro atoms. The van der Waals surface area contributed by atoms with E-state index in [9.17, 15) is 19.0 Å². The number of hydrogen-bond acceptors (Lipinski definition) is 5. The predicted octanol–water partition coefficient (Wildman–Crippen LogP) is 4.48. The lowest BCUT2D eigenvalue weighted by molar-refractivity contribution is 0.0697. The summed E-state index contributed by atoms with van der Waals surface area (Å²) in [5.41, 5.74) is 2.44. The van der Waals surface area contributed by atoms with Crippen LogP contribution in [0.3, 0.4) is 0 Å². The molecular weight excluding hydrogens is 352 g/mol. The van der Waals surface area contributed by atoms with Gasteiger partial charge in [-0.25, -0.2) is 4.79 Å². The van der Waals surface area contributed by atoms with Crippen molar-refractivity contribution < 1.29 is 19.0 Å². The van der Waals surface area contributed by atoms with Crippen LogP contribution in [-0.4, -0.2) is 39.0 Å². The third kappa shape index (κ3) is 3.95. The molecule has 0 radical (unpaired) electrons. The Bertz CT molecular complexity index is 782. The van der Waals surface area contributed by atoms with Crippen LogP contribution < -0.4 is 9.62 Å². The highest BCUT2D eigenvalue weighted by Crippen LogP contribution is 2.52. The zero-order chi connectivity index (χ0) is 18.7. The topological polar surface area (TPSA) is 93.0 Å². The first-order valence-electron chi connectivity index (χ1n) is 8.61. The molecule has 0 saturated carbocycles. The highest BCUT2D eigenvalue weighted by atomic mass is 32.3. The Labute approximate surface area is 155 Å². The standard InChI is InChI=1S/C19H24N2O4S/c1-2-20-17-10-16(19(22)23)11-18(12-17)21-13-15(8-9-26(21,24)25)14-6-4-3-5-7-14/h3-7,10-12,15,20,24-25H,2,8-9,13H2,1H3,(H,22,23). The number of nitrogens with one attached hydrogen (secondary N) is 1. The number of aromatic carboxylic acids is 1. The quantitative estimate of drug-likeness (QED) is 0.615. The molecule has 4 N–H and O–H groups in total. The molecule has 1 unspecified atom stereocenters. The van der Waals surface area contributed by atoms with E-state index in [2.05, 4.69) is 5.32 Å². The van der Waals surface area contributed by atoms with E-state index in [-0.39, 0.29) is 17.2 Å². The minimum atomic E-state index is -2.98. The van der Waals surface area contributed by atoms with Crippen molar-refractivity contribution in [2.45, 2.75) is 19.3 Å². The summed E-state index contributed by atoms with van der Waals surface area (Å²) in [7, 11) is -2.98. The van der Waals surface area contributed by atoms with Crippen LogP contribution in [0.25, 0.3) is 0 Å². The van der Waals surface area contributed by atoms with Gasteiger partial charge in [0.2, 0.25) is 0 Å². The van der Waals surface area contributed by atoms with E-state index in [0.717, 1.165) is 5.56 Å². The van der Waals surface area contributed by atoms with Crippen molar-refractivity contribution in [2.24, 2.45) is 0 Å². The van der Waals surface area contributed by atoms with Crippen LogP contribution in [0.2, 0.25) is 0 Å². The number of anilines is 2. The van der Waals surface area contributed by atoms with Gasteiger partial charge in [0.15, 0.2) is 0 Å². The average Bonchev–Trinajstić information content (AvgIpc) is 2.62. The number of hydrogen-bond donors (Lipinski definition) is 4. The van der Waals surface area contributed by atoms with Gasteiger partial charge in [0.25, 0.3) is 0 Å². The second-order valence-corrected chi connectivity index (χ2v) is 8.51. The van der Waals surface area contributed by atoms with E-state index in [0.29, 0.717) is 30.9 Å². The van der Waals surface area contributed by atoms with E-state index in [1.807, 2.05) is 37.3 Å². The number of rotatable bonds is 5. The second-order valence-electron chi connectivity index (χ2n) is 6.40. The molecule has 0 aromatic heterocycles. The van der Waals surface area contributed by atoms with Gasteiger partial charge in [-0.2, -0.15) is 0 Å². The lowest BCUT2D eigenvalue weighted by atomic mass is 9.96. The van der Waals surface area contributed by atoms with Gasteiger partial charge < -0.3 is 10.4 Å². The van der Waals surface area contributed by atoms with Crippen LogP contribution in [0.4, 0.5) is 11.4 Å². The van der Waals surface area contributed by atoms with Crippen LogP contribution in [0.5, 0.6) is 0 Å². The first-order valence-corrected chi connectivity index (χ1v) is 10.3. The van der Waals surface area contributed by atoms with Crippen molar-refractivity contribution in [3.63, 3.8) is 0 Å². The van der Waals surface area contributed by atoms with Crippen molar-refractivity contribution in [3.8, 4) is 0 Å². The number of benzene rings is 2. The summed E-state index contributed by atoms with van der Waals surface area (Å²) >= 11 is 0. The zero-order valence-corrected chi connectivity index (χ0v) is 15.4. The lowest BCUT2D eigenvalue weighted by Crippen LogP contribution is -2.38. The average molecular weight is 376 g/mol. The fourth-order valence-corrected chi connectivity index (χ4v) is 4.96. The van der Waals surface area contributed by atoms with Gasteiger partial charge in [-0.15, -0.1) is 10.8 Å². The number of carbonyl (C=O) groups is 1. The highest BCUT2D eigenvalue weighted by Gasteiger charge is 2.33. The summed E-state index contributed by atoms with van der Waals surface area (Å²) in [6.45, 7) is 3.00.